The van der Waals surface area contributed by atoms with Crippen LogP contribution in [0.3, 0.4) is 0 Å². The highest BCUT2D eigenvalue weighted by Crippen LogP contribution is 2.25. The zero-order chi connectivity index (χ0) is 19.1. The Bertz CT molecular complexity index is 788. The second kappa shape index (κ2) is 8.89. The van der Waals surface area contributed by atoms with Crippen molar-refractivity contribution in [3.05, 3.63) is 53.6 Å². The van der Waals surface area contributed by atoms with Gasteiger partial charge in [-0.1, -0.05) is 18.2 Å². The van der Waals surface area contributed by atoms with Gasteiger partial charge in [0, 0.05) is 0 Å². The van der Waals surface area contributed by atoms with Gasteiger partial charge in [-0.05, 0) is 56.2 Å². The summed E-state index contributed by atoms with van der Waals surface area (Å²) in [6, 6.07) is 12.7. The molecule has 0 spiro atoms. The number of carbonyl (C=O) groups excluding carboxylic acids is 2. The second-order valence-corrected chi connectivity index (χ2v) is 5.93. The number of amides is 1. The van der Waals surface area contributed by atoms with Gasteiger partial charge in [0.15, 0.2) is 12.7 Å². The first kappa shape index (κ1) is 19.3. The topological polar surface area (TPSA) is 73.9 Å². The van der Waals surface area contributed by atoms with Crippen LogP contribution >= 0.6 is 0 Å². The largest absolute Gasteiger partial charge is 0.495 e. The van der Waals surface area contributed by atoms with Crippen LogP contribution in [0, 0.1) is 13.8 Å². The lowest BCUT2D eigenvalue weighted by molar-refractivity contribution is -0.155. The number of methoxy groups -OCH3 is 1. The highest BCUT2D eigenvalue weighted by atomic mass is 16.6. The monoisotopic (exact) mass is 357 g/mol. The Morgan fingerprint density at radius 1 is 1.08 bits per heavy atom. The van der Waals surface area contributed by atoms with Crippen molar-refractivity contribution in [3.63, 3.8) is 0 Å². The van der Waals surface area contributed by atoms with Crippen molar-refractivity contribution in [3.8, 4) is 11.5 Å². The lowest BCUT2D eigenvalue weighted by atomic mass is 10.2. The number of anilines is 1. The van der Waals surface area contributed by atoms with Gasteiger partial charge in [0.25, 0.3) is 5.91 Å². The molecule has 0 heterocycles. The van der Waals surface area contributed by atoms with Crippen molar-refractivity contribution < 1.29 is 23.8 Å². The fourth-order valence-corrected chi connectivity index (χ4v) is 2.29. The third kappa shape index (κ3) is 5.51. The van der Waals surface area contributed by atoms with Gasteiger partial charge in [0.1, 0.15) is 11.5 Å². The van der Waals surface area contributed by atoms with Crippen LogP contribution in [0.2, 0.25) is 0 Å². The molecule has 1 atom stereocenters. The van der Waals surface area contributed by atoms with E-state index in [1.54, 1.807) is 18.2 Å². The molecule has 2 aromatic rings. The van der Waals surface area contributed by atoms with E-state index in [1.807, 2.05) is 38.1 Å². The minimum Gasteiger partial charge on any atom is -0.495 e. The molecule has 0 radical (unpaired) electrons. The Morgan fingerprint density at radius 3 is 2.50 bits per heavy atom. The van der Waals surface area contributed by atoms with Crippen LogP contribution in [0.1, 0.15) is 18.1 Å². The first-order chi connectivity index (χ1) is 12.4. The maximum absolute atomic E-state index is 12.3. The lowest BCUT2D eigenvalue weighted by Crippen LogP contribution is -2.31. The van der Waals surface area contributed by atoms with E-state index in [4.69, 9.17) is 14.2 Å². The Kier molecular flexibility index (Phi) is 6.60. The number of hydrogen-bond acceptors (Lipinski definition) is 5. The molecule has 26 heavy (non-hydrogen) atoms. The van der Waals surface area contributed by atoms with E-state index >= 15 is 0 Å². The molecule has 1 amide bonds. The lowest BCUT2D eigenvalue weighted by Gasteiger charge is -2.16. The summed E-state index contributed by atoms with van der Waals surface area (Å²) in [4.78, 5) is 24.2. The van der Waals surface area contributed by atoms with Crippen LogP contribution in [0.4, 0.5) is 5.69 Å². The van der Waals surface area contributed by atoms with Gasteiger partial charge in [-0.25, -0.2) is 4.79 Å². The van der Waals surface area contributed by atoms with Crippen molar-refractivity contribution in [2.45, 2.75) is 26.9 Å². The predicted molar refractivity (Wildman–Crippen MR) is 98.6 cm³/mol. The maximum atomic E-state index is 12.3. The number of rotatable bonds is 7. The van der Waals surface area contributed by atoms with Gasteiger partial charge in [-0.3, -0.25) is 4.79 Å². The summed E-state index contributed by atoms with van der Waals surface area (Å²) in [6.45, 7) is 5.06. The zero-order valence-corrected chi connectivity index (χ0v) is 15.4. The molecule has 1 unspecified atom stereocenters. The molecular weight excluding hydrogens is 334 g/mol. The molecule has 0 aliphatic carbocycles. The van der Waals surface area contributed by atoms with E-state index < -0.39 is 18.0 Å². The molecule has 0 fully saturated rings. The Morgan fingerprint density at radius 2 is 1.81 bits per heavy atom. The molecule has 138 valence electrons. The smallest absolute Gasteiger partial charge is 0.344 e. The molecule has 2 rings (SSSR count). The molecule has 0 aliphatic rings. The van der Waals surface area contributed by atoms with Gasteiger partial charge in [0.05, 0.1) is 12.8 Å². The SMILES string of the molecule is COc1ccc(C)cc1NC(=O)C(C)OC(=O)COc1cccc(C)c1. The van der Waals surface area contributed by atoms with Crippen molar-refractivity contribution in [2.24, 2.45) is 0 Å². The molecule has 0 saturated carbocycles. The number of esters is 1. The van der Waals surface area contributed by atoms with E-state index in [2.05, 4.69) is 5.32 Å². The van der Waals surface area contributed by atoms with Crippen LogP contribution in [-0.4, -0.2) is 31.7 Å². The molecule has 6 nitrogen and oxygen atoms in total. The standard InChI is InChI=1S/C20H23NO5/c1-13-6-5-7-16(10-13)25-12-19(22)26-15(3)20(23)21-17-11-14(2)8-9-18(17)24-4/h5-11,15H,12H2,1-4H3,(H,21,23). The highest BCUT2D eigenvalue weighted by Gasteiger charge is 2.19. The summed E-state index contributed by atoms with van der Waals surface area (Å²) >= 11 is 0. The quantitative estimate of drug-likeness (QED) is 0.770. The van der Waals surface area contributed by atoms with Crippen LogP contribution in [0.15, 0.2) is 42.5 Å². The van der Waals surface area contributed by atoms with Crippen LogP contribution in [0.25, 0.3) is 0 Å². The van der Waals surface area contributed by atoms with Gasteiger partial charge in [-0.2, -0.15) is 0 Å². The highest BCUT2D eigenvalue weighted by molar-refractivity contribution is 5.96. The van der Waals surface area contributed by atoms with E-state index in [0.29, 0.717) is 17.2 Å². The van der Waals surface area contributed by atoms with Gasteiger partial charge >= 0.3 is 5.97 Å². The summed E-state index contributed by atoms with van der Waals surface area (Å²) < 4.78 is 15.7. The number of benzene rings is 2. The summed E-state index contributed by atoms with van der Waals surface area (Å²) in [7, 11) is 1.52. The van der Waals surface area contributed by atoms with Crippen molar-refractivity contribution in [1.82, 2.24) is 0 Å². The molecule has 6 heteroatoms. The van der Waals surface area contributed by atoms with Crippen LogP contribution in [-0.2, 0) is 14.3 Å². The number of ether oxygens (including phenoxy) is 3. The third-order valence-corrected chi connectivity index (χ3v) is 3.64. The Hall–Kier alpha value is -3.02. The summed E-state index contributed by atoms with van der Waals surface area (Å²) in [5.74, 6) is 0.0389. The number of nitrogens with one attached hydrogen (secondary N) is 1. The Labute approximate surface area is 153 Å². The van der Waals surface area contributed by atoms with Crippen molar-refractivity contribution in [1.29, 1.82) is 0 Å². The minimum atomic E-state index is -0.964. The Balaban J connectivity index is 1.88. The molecule has 0 aromatic heterocycles. The average molecular weight is 357 g/mol. The van der Waals surface area contributed by atoms with Crippen LogP contribution < -0.4 is 14.8 Å². The molecule has 0 bridgehead atoms. The molecule has 1 N–H and O–H groups in total. The molecule has 0 aliphatic heterocycles. The van der Waals surface area contributed by atoms with E-state index in [0.717, 1.165) is 11.1 Å². The number of carbonyl (C=O) groups is 2. The van der Waals surface area contributed by atoms with E-state index in [9.17, 15) is 9.59 Å². The summed E-state index contributed by atoms with van der Waals surface area (Å²) in [5, 5.41) is 2.71. The summed E-state index contributed by atoms with van der Waals surface area (Å²) in [5.41, 5.74) is 2.52. The first-order valence-corrected chi connectivity index (χ1v) is 8.23. The van der Waals surface area contributed by atoms with Crippen molar-refractivity contribution >= 4 is 17.6 Å². The minimum absolute atomic E-state index is 0.269. The van der Waals surface area contributed by atoms with Gasteiger partial charge in [0.2, 0.25) is 0 Å². The second-order valence-electron chi connectivity index (χ2n) is 5.93. The number of hydrogen-bond donors (Lipinski definition) is 1. The van der Waals surface area contributed by atoms with Crippen LogP contribution in [0.5, 0.6) is 11.5 Å². The molecule has 2 aromatic carbocycles. The number of aryl methyl sites for hydroxylation is 2. The van der Waals surface area contributed by atoms with E-state index in [-0.39, 0.29) is 6.61 Å². The van der Waals surface area contributed by atoms with E-state index in [1.165, 1.54) is 14.0 Å². The zero-order valence-electron chi connectivity index (χ0n) is 15.4. The molecule has 0 saturated heterocycles. The fourth-order valence-electron chi connectivity index (χ4n) is 2.29. The molecular formula is C20H23NO5. The first-order valence-electron chi connectivity index (χ1n) is 8.23. The maximum Gasteiger partial charge on any atom is 0.344 e. The van der Waals surface area contributed by atoms with Gasteiger partial charge in [-0.15, -0.1) is 0 Å². The van der Waals surface area contributed by atoms with Crippen molar-refractivity contribution in [2.75, 3.05) is 19.0 Å². The predicted octanol–water partition coefficient (Wildman–Crippen LogP) is 3.26. The third-order valence-electron chi connectivity index (χ3n) is 3.64. The average Bonchev–Trinajstić information content (AvgIpc) is 2.60. The normalized spacial score (nSPS) is 11.4. The fraction of sp³-hybridized carbons (Fsp3) is 0.300. The summed E-state index contributed by atoms with van der Waals surface area (Å²) in [6.07, 6.45) is -0.964. The van der Waals surface area contributed by atoms with Gasteiger partial charge < -0.3 is 19.5 Å².